The molecule has 0 atom stereocenters. The Morgan fingerprint density at radius 3 is 2.27 bits per heavy atom. The molecule has 0 saturated heterocycles. The number of hydrogen-bond donors (Lipinski definition) is 1. The smallest absolute Gasteiger partial charge is 0.264 e. The lowest BCUT2D eigenvalue weighted by molar-refractivity contribution is -0.119. The molecule has 0 radical (unpaired) electrons. The van der Waals surface area contributed by atoms with Crippen LogP contribution in [0.2, 0.25) is 5.02 Å². The normalized spacial score (nSPS) is 11.2. The molecule has 0 spiro atoms. The Morgan fingerprint density at radius 1 is 1.08 bits per heavy atom. The molecule has 0 unspecified atom stereocenters. The van der Waals surface area contributed by atoms with Gasteiger partial charge in [0.25, 0.3) is 10.0 Å². The number of benzene rings is 2. The summed E-state index contributed by atoms with van der Waals surface area (Å²) in [6.45, 7) is 4.14. The van der Waals surface area contributed by atoms with Gasteiger partial charge in [-0.05, 0) is 49.7 Å². The van der Waals surface area contributed by atoms with Crippen molar-refractivity contribution in [2.45, 2.75) is 31.6 Å². The van der Waals surface area contributed by atoms with E-state index in [4.69, 9.17) is 11.6 Å². The first-order valence-corrected chi connectivity index (χ1v) is 10.3. The van der Waals surface area contributed by atoms with Gasteiger partial charge >= 0.3 is 0 Å². The maximum absolute atomic E-state index is 13.1. The van der Waals surface area contributed by atoms with E-state index in [0.717, 1.165) is 22.7 Å². The largest absolute Gasteiger partial charge is 0.355 e. The van der Waals surface area contributed by atoms with Gasteiger partial charge in [-0.2, -0.15) is 0 Å². The Kier molecular flexibility index (Phi) is 7.06. The van der Waals surface area contributed by atoms with Crippen LogP contribution in [0.25, 0.3) is 0 Å². The first kappa shape index (κ1) is 20.3. The lowest BCUT2D eigenvalue weighted by Gasteiger charge is -2.24. The van der Waals surface area contributed by atoms with Gasteiger partial charge in [0.2, 0.25) is 5.91 Å². The molecular formula is C19H23ClN2O3S. The molecule has 26 heavy (non-hydrogen) atoms. The lowest BCUT2D eigenvalue weighted by atomic mass is 10.2. The molecule has 0 fully saturated rings. The van der Waals surface area contributed by atoms with Crippen LogP contribution in [-0.2, 0) is 14.8 Å². The minimum atomic E-state index is -3.88. The van der Waals surface area contributed by atoms with Crippen LogP contribution in [0.3, 0.4) is 0 Å². The Hall–Kier alpha value is -2.05. The van der Waals surface area contributed by atoms with E-state index in [1.807, 2.05) is 13.8 Å². The molecule has 5 nitrogen and oxygen atoms in total. The average Bonchev–Trinajstić information content (AvgIpc) is 2.61. The van der Waals surface area contributed by atoms with Crippen molar-refractivity contribution in [2.75, 3.05) is 17.4 Å². The Bertz CT molecular complexity index is 834. The number of sulfonamides is 1. The highest BCUT2D eigenvalue weighted by Crippen LogP contribution is 2.25. The van der Waals surface area contributed by atoms with E-state index in [0.29, 0.717) is 17.3 Å². The molecule has 7 heteroatoms. The van der Waals surface area contributed by atoms with E-state index in [-0.39, 0.29) is 17.3 Å². The number of nitrogens with one attached hydrogen (secondary N) is 1. The minimum absolute atomic E-state index is 0.138. The molecule has 0 heterocycles. The number of aryl methyl sites for hydroxylation is 1. The molecule has 2 rings (SSSR count). The molecule has 0 saturated carbocycles. The van der Waals surface area contributed by atoms with Gasteiger partial charge in [-0.1, -0.05) is 42.6 Å². The van der Waals surface area contributed by atoms with Crippen molar-refractivity contribution in [3.05, 3.63) is 59.1 Å². The monoisotopic (exact) mass is 394 g/mol. The summed E-state index contributed by atoms with van der Waals surface area (Å²) in [6.07, 6.45) is 1.79. The third kappa shape index (κ3) is 5.22. The maximum atomic E-state index is 13.1. The Labute approximate surface area is 160 Å². The highest BCUT2D eigenvalue weighted by atomic mass is 35.5. The molecule has 0 aliphatic carbocycles. The van der Waals surface area contributed by atoms with Crippen LogP contribution in [0.5, 0.6) is 0 Å². The van der Waals surface area contributed by atoms with E-state index in [1.54, 1.807) is 48.5 Å². The fraction of sp³-hybridized carbons (Fsp3) is 0.316. The van der Waals surface area contributed by atoms with Gasteiger partial charge in [-0.3, -0.25) is 9.10 Å². The molecular weight excluding hydrogens is 372 g/mol. The van der Waals surface area contributed by atoms with Gasteiger partial charge in [0.15, 0.2) is 0 Å². The van der Waals surface area contributed by atoms with Gasteiger partial charge in [0.1, 0.15) is 6.54 Å². The topological polar surface area (TPSA) is 66.5 Å². The SMILES string of the molecule is CCCCNC(=O)CN(c1ccc(Cl)cc1)S(=O)(=O)c1ccc(C)cc1. The van der Waals surface area contributed by atoms with Gasteiger partial charge in [0.05, 0.1) is 10.6 Å². The summed E-state index contributed by atoms with van der Waals surface area (Å²) in [5.74, 6) is -0.343. The van der Waals surface area contributed by atoms with E-state index in [9.17, 15) is 13.2 Å². The van der Waals surface area contributed by atoms with Gasteiger partial charge in [-0.15, -0.1) is 0 Å². The number of hydrogen-bond acceptors (Lipinski definition) is 3. The van der Waals surface area contributed by atoms with Crippen LogP contribution < -0.4 is 9.62 Å². The van der Waals surface area contributed by atoms with E-state index in [1.165, 1.54) is 0 Å². The fourth-order valence-electron chi connectivity index (χ4n) is 2.35. The summed E-state index contributed by atoms with van der Waals surface area (Å²) >= 11 is 5.91. The lowest BCUT2D eigenvalue weighted by Crippen LogP contribution is -2.41. The molecule has 0 aliphatic heterocycles. The third-order valence-electron chi connectivity index (χ3n) is 3.86. The number of anilines is 1. The third-order valence-corrected chi connectivity index (χ3v) is 5.90. The molecule has 140 valence electrons. The quantitative estimate of drug-likeness (QED) is 0.693. The maximum Gasteiger partial charge on any atom is 0.264 e. The Morgan fingerprint density at radius 2 is 1.69 bits per heavy atom. The molecule has 0 aliphatic rings. The Balaban J connectivity index is 2.34. The van der Waals surface area contributed by atoms with Gasteiger partial charge in [0, 0.05) is 11.6 Å². The van der Waals surface area contributed by atoms with E-state index in [2.05, 4.69) is 5.32 Å². The number of unbranched alkanes of at least 4 members (excludes halogenated alkanes) is 1. The standard InChI is InChI=1S/C19H23ClN2O3S/c1-3-4-13-21-19(23)14-22(17-9-7-16(20)8-10-17)26(24,25)18-11-5-15(2)6-12-18/h5-12H,3-4,13-14H2,1-2H3,(H,21,23). The molecule has 1 amide bonds. The van der Waals surface area contributed by atoms with Gasteiger partial charge < -0.3 is 5.32 Å². The van der Waals surface area contributed by atoms with E-state index < -0.39 is 10.0 Å². The van der Waals surface area contributed by atoms with Crippen molar-refractivity contribution < 1.29 is 13.2 Å². The number of amides is 1. The second-order valence-electron chi connectivity index (χ2n) is 6.00. The van der Waals surface area contributed by atoms with Crippen molar-refractivity contribution in [2.24, 2.45) is 0 Å². The van der Waals surface area contributed by atoms with Crippen LogP contribution in [-0.4, -0.2) is 27.4 Å². The van der Waals surface area contributed by atoms with Crippen LogP contribution >= 0.6 is 11.6 Å². The van der Waals surface area contributed by atoms with Gasteiger partial charge in [-0.25, -0.2) is 8.42 Å². The fourth-order valence-corrected chi connectivity index (χ4v) is 3.90. The zero-order valence-corrected chi connectivity index (χ0v) is 16.5. The van der Waals surface area contributed by atoms with Crippen LogP contribution in [0.4, 0.5) is 5.69 Å². The van der Waals surface area contributed by atoms with Crippen LogP contribution in [0.15, 0.2) is 53.4 Å². The van der Waals surface area contributed by atoms with E-state index >= 15 is 0 Å². The number of nitrogens with zero attached hydrogens (tertiary/aromatic N) is 1. The minimum Gasteiger partial charge on any atom is -0.355 e. The van der Waals surface area contributed by atoms with Crippen LogP contribution in [0.1, 0.15) is 25.3 Å². The summed E-state index contributed by atoms with van der Waals surface area (Å²) < 4.78 is 27.3. The highest BCUT2D eigenvalue weighted by Gasteiger charge is 2.27. The second kappa shape index (κ2) is 9.05. The predicted octanol–water partition coefficient (Wildman–Crippen LogP) is 3.76. The van der Waals surface area contributed by atoms with Crippen LogP contribution in [0, 0.1) is 6.92 Å². The summed E-state index contributed by atoms with van der Waals surface area (Å²) in [5.41, 5.74) is 1.35. The summed E-state index contributed by atoms with van der Waals surface area (Å²) in [4.78, 5) is 12.4. The first-order chi connectivity index (χ1) is 12.3. The molecule has 0 bridgehead atoms. The average molecular weight is 395 g/mol. The number of carbonyl (C=O) groups excluding carboxylic acids is 1. The molecule has 0 aromatic heterocycles. The molecule has 2 aromatic rings. The number of halogens is 1. The zero-order chi connectivity index (χ0) is 19.2. The molecule has 1 N–H and O–H groups in total. The van der Waals surface area contributed by atoms with Crippen molar-refractivity contribution in [1.82, 2.24) is 5.32 Å². The summed E-state index contributed by atoms with van der Waals surface area (Å²) in [6, 6.07) is 12.9. The zero-order valence-electron chi connectivity index (χ0n) is 14.9. The van der Waals surface area contributed by atoms with Crippen molar-refractivity contribution >= 4 is 33.2 Å². The van der Waals surface area contributed by atoms with Crippen molar-refractivity contribution in [3.8, 4) is 0 Å². The number of carbonyl (C=O) groups is 1. The highest BCUT2D eigenvalue weighted by molar-refractivity contribution is 7.92. The predicted molar refractivity (Wildman–Crippen MR) is 105 cm³/mol. The summed E-state index contributed by atoms with van der Waals surface area (Å²) in [7, 11) is -3.88. The first-order valence-electron chi connectivity index (χ1n) is 8.46. The van der Waals surface area contributed by atoms with Crippen molar-refractivity contribution in [1.29, 1.82) is 0 Å². The number of rotatable bonds is 8. The molecule has 2 aromatic carbocycles. The van der Waals surface area contributed by atoms with Crippen molar-refractivity contribution in [3.63, 3.8) is 0 Å². The summed E-state index contributed by atoms with van der Waals surface area (Å²) in [5, 5.41) is 3.25. The second-order valence-corrected chi connectivity index (χ2v) is 8.30.